The van der Waals surface area contributed by atoms with Crippen molar-refractivity contribution < 1.29 is 33.8 Å². The standard InChI is InChI=1S/2C22H48N.40ClH/c2*1-5-7-9-11-13-15-17-19-21-23(3,4)22-20-18-16-14-12-10-8-6-2;;;;;;;;;;;;;;;;;;;;;;;;;;;;;;;;;;;;;;;;/h2*5-22H2,1-4H3;40*1H/q2*+1;;;;;;;;;;;;;;;;;;;;;;;;;;;;;;;;;;;;;;;;/p-2. The summed E-state index contributed by atoms with van der Waals surface area (Å²) < 4.78 is 2.48. The number of hydrogen-bond acceptors (Lipinski definition) is 0. The molecular formula is C44H134Cl40N2. The normalized spacial score (nSPS) is 6.42. The smallest absolute Gasteiger partial charge is 0.0782 e. The second-order valence-electron chi connectivity index (χ2n) is 16.7. The van der Waals surface area contributed by atoms with Crippen LogP contribution in [0, 0.1) is 0 Å². The van der Waals surface area contributed by atoms with Gasteiger partial charge in [0.1, 0.15) is 0 Å². The number of rotatable bonds is 36. The molecule has 0 aromatic rings. The van der Waals surface area contributed by atoms with E-state index in [4.69, 9.17) is 0 Å². The van der Waals surface area contributed by atoms with Gasteiger partial charge in [-0.05, 0) is 51.4 Å². The Labute approximate surface area is 782 Å². The molecule has 600 valence electrons. The average molecular weight is 2110 g/mol. The van der Waals surface area contributed by atoms with Gasteiger partial charge in [0.2, 0.25) is 0 Å². The lowest BCUT2D eigenvalue weighted by molar-refractivity contribution is -0.890. The molecule has 0 fully saturated rings. The van der Waals surface area contributed by atoms with Crippen LogP contribution >= 0.6 is 471 Å². The van der Waals surface area contributed by atoms with E-state index in [0.717, 1.165) is 0 Å². The summed E-state index contributed by atoms with van der Waals surface area (Å²) in [6, 6.07) is 0. The topological polar surface area (TPSA) is 0 Å². The zero-order valence-electron chi connectivity index (χ0n) is 50.6. The molecule has 0 spiro atoms. The number of quaternary nitrogens is 2. The summed E-state index contributed by atoms with van der Waals surface area (Å²) in [5, 5.41) is 0. The third-order valence-corrected chi connectivity index (χ3v) is 10.5. The van der Waals surface area contributed by atoms with E-state index in [1.807, 2.05) is 0 Å². The van der Waals surface area contributed by atoms with Crippen molar-refractivity contribution in [3.05, 3.63) is 0 Å². The Morgan fingerprint density at radius 1 is 0.128 bits per heavy atom. The number of halogens is 40. The van der Waals surface area contributed by atoms with Crippen LogP contribution in [0.2, 0.25) is 0 Å². The molecule has 2 nitrogen and oxygen atoms in total. The summed E-state index contributed by atoms with van der Waals surface area (Å²) in [4.78, 5) is 0. The summed E-state index contributed by atoms with van der Waals surface area (Å²) in [6.07, 6.45) is 46.1. The molecule has 0 aromatic heterocycles. The quantitative estimate of drug-likeness (QED) is 0.0433. The minimum absolute atomic E-state index is 0. The van der Waals surface area contributed by atoms with Crippen LogP contribution in [0.1, 0.15) is 233 Å². The molecule has 0 radical (unpaired) electrons. The van der Waals surface area contributed by atoms with Gasteiger partial charge in [0.15, 0.2) is 0 Å². The van der Waals surface area contributed by atoms with Gasteiger partial charge in [0, 0.05) is 0 Å². The first-order valence-electron chi connectivity index (χ1n) is 21.9. The summed E-state index contributed by atoms with van der Waals surface area (Å²) in [5.41, 5.74) is 0. The van der Waals surface area contributed by atoms with Crippen LogP contribution in [0.15, 0.2) is 0 Å². The predicted octanol–water partition coefficient (Wildman–Crippen LogP) is 24.7. The van der Waals surface area contributed by atoms with Crippen molar-refractivity contribution in [3.63, 3.8) is 0 Å². The van der Waals surface area contributed by atoms with E-state index in [-0.39, 0.29) is 496 Å². The minimum Gasteiger partial charge on any atom is -1.00 e. The van der Waals surface area contributed by atoms with E-state index in [1.54, 1.807) is 0 Å². The molecule has 0 unspecified atom stereocenters. The molecule has 0 N–H and O–H groups in total. The van der Waals surface area contributed by atoms with Crippen LogP contribution in [0.4, 0.5) is 0 Å². The number of nitrogens with zero attached hydrogens (tertiary/aromatic N) is 2. The molecule has 86 heavy (non-hydrogen) atoms. The van der Waals surface area contributed by atoms with Crippen LogP contribution in [0.3, 0.4) is 0 Å². The Kier molecular flexibility index (Phi) is 852. The molecule has 0 atom stereocenters. The summed E-state index contributed by atoms with van der Waals surface area (Å²) in [6.45, 7) is 14.7. The van der Waals surface area contributed by atoms with Crippen molar-refractivity contribution >= 4 is 471 Å². The van der Waals surface area contributed by atoms with Crippen molar-refractivity contribution in [2.45, 2.75) is 233 Å². The molecule has 0 bridgehead atoms. The molecule has 0 heterocycles. The number of hydrogen-bond donors (Lipinski definition) is 0. The molecule has 0 saturated heterocycles. The van der Waals surface area contributed by atoms with Gasteiger partial charge in [-0.3, -0.25) is 0 Å². The highest BCUT2D eigenvalue weighted by molar-refractivity contribution is 5.89. The maximum absolute atomic E-state index is 2.43. The van der Waals surface area contributed by atoms with Crippen molar-refractivity contribution in [3.8, 4) is 0 Å². The zero-order chi connectivity index (χ0) is 34.5. The first kappa shape index (κ1) is 295. The van der Waals surface area contributed by atoms with Crippen molar-refractivity contribution in [2.24, 2.45) is 0 Å². The van der Waals surface area contributed by atoms with Gasteiger partial charge in [-0.25, -0.2) is 0 Å². The Balaban J connectivity index is -0.00000000768. The molecule has 0 saturated carbocycles. The SMILES string of the molecule is CCCCCCCCCC[N+](C)(C)CCCCCCCCCC.CCCCCCCCCC[N+](C)(C)CCCCCCCCCC.Cl.Cl.Cl.Cl.Cl.Cl.Cl.Cl.Cl.Cl.Cl.Cl.Cl.Cl.Cl.Cl.Cl.Cl.Cl.Cl.Cl.Cl.Cl.Cl.Cl.Cl.Cl.Cl.Cl.Cl.Cl.Cl.Cl.Cl.Cl.Cl.Cl.Cl.[Cl-].[Cl-]. The fourth-order valence-electron chi connectivity index (χ4n) is 6.92. The van der Waals surface area contributed by atoms with Crippen LogP contribution < -0.4 is 24.8 Å². The summed E-state index contributed by atoms with van der Waals surface area (Å²) in [5.74, 6) is 0. The minimum atomic E-state index is 0. The first-order chi connectivity index (χ1) is 22.2. The first-order valence-corrected chi connectivity index (χ1v) is 21.9. The maximum Gasteiger partial charge on any atom is 0.0782 e. The Morgan fingerprint density at radius 2 is 0.198 bits per heavy atom. The van der Waals surface area contributed by atoms with Crippen molar-refractivity contribution in [1.82, 2.24) is 0 Å². The van der Waals surface area contributed by atoms with Crippen molar-refractivity contribution in [2.75, 3.05) is 54.4 Å². The number of unbranched alkanes of at least 4 members (excludes halogenated alkanes) is 28. The average Bonchev–Trinajstić information content (AvgIpc) is 3.02. The molecule has 0 amide bonds. The Morgan fingerprint density at radius 3 is 0.279 bits per heavy atom. The monoisotopic (exact) mass is 2090 g/mol. The summed E-state index contributed by atoms with van der Waals surface area (Å²) in [7, 11) is 9.73. The third kappa shape index (κ3) is 277. The lowest BCUT2D eigenvalue weighted by Crippen LogP contribution is -3.00. The van der Waals surface area contributed by atoms with Gasteiger partial charge in [0.05, 0.1) is 54.4 Å². The highest BCUT2D eigenvalue weighted by Crippen LogP contribution is 2.15. The van der Waals surface area contributed by atoms with E-state index < -0.39 is 0 Å². The van der Waals surface area contributed by atoms with Gasteiger partial charge in [0.25, 0.3) is 0 Å². The maximum atomic E-state index is 2.43. The van der Waals surface area contributed by atoms with E-state index in [2.05, 4.69) is 55.9 Å². The van der Waals surface area contributed by atoms with Crippen LogP contribution in [0.5, 0.6) is 0 Å². The van der Waals surface area contributed by atoms with E-state index in [9.17, 15) is 0 Å². The van der Waals surface area contributed by atoms with E-state index >= 15 is 0 Å². The molecule has 42 heteroatoms. The summed E-state index contributed by atoms with van der Waals surface area (Å²) >= 11 is 0. The van der Waals surface area contributed by atoms with Crippen LogP contribution in [0.25, 0.3) is 0 Å². The molecule has 0 aliphatic heterocycles. The highest BCUT2D eigenvalue weighted by Gasteiger charge is 2.14. The van der Waals surface area contributed by atoms with Gasteiger partial charge in [-0.15, -0.1) is 471 Å². The lowest BCUT2D eigenvalue weighted by atomic mass is 10.1. The fourth-order valence-corrected chi connectivity index (χ4v) is 6.92. The zero-order valence-corrected chi connectivity index (χ0v) is 83.2. The lowest BCUT2D eigenvalue weighted by Gasteiger charge is -2.30. The van der Waals surface area contributed by atoms with Crippen molar-refractivity contribution in [1.29, 1.82) is 0 Å². The molecule has 0 aliphatic carbocycles. The van der Waals surface area contributed by atoms with Gasteiger partial charge in [-0.1, -0.05) is 182 Å². The second-order valence-corrected chi connectivity index (χ2v) is 16.7. The van der Waals surface area contributed by atoms with E-state index in [0.29, 0.717) is 0 Å². The molecule has 0 aliphatic rings. The molecular weight excluding hydrogens is 1970 g/mol. The fraction of sp³-hybridized carbons (Fsp3) is 1.00. The third-order valence-electron chi connectivity index (χ3n) is 10.5. The molecule has 0 rings (SSSR count). The van der Waals surface area contributed by atoms with Gasteiger partial charge in [-0.2, -0.15) is 0 Å². The van der Waals surface area contributed by atoms with E-state index in [1.165, 1.54) is 241 Å². The van der Waals surface area contributed by atoms with Gasteiger partial charge < -0.3 is 33.8 Å². The second kappa shape index (κ2) is 249. The van der Waals surface area contributed by atoms with Crippen LogP contribution in [-0.4, -0.2) is 63.3 Å². The Bertz CT molecular complexity index is 534. The largest absolute Gasteiger partial charge is 1.00 e. The highest BCUT2D eigenvalue weighted by atomic mass is 35.5. The predicted molar refractivity (Wildman–Crippen MR) is 490 cm³/mol. The van der Waals surface area contributed by atoms with Gasteiger partial charge >= 0.3 is 0 Å². The molecule has 0 aromatic carbocycles. The Hall–Kier alpha value is 11.5. The van der Waals surface area contributed by atoms with Crippen LogP contribution in [-0.2, 0) is 0 Å².